The lowest BCUT2D eigenvalue weighted by molar-refractivity contribution is -0.104. The Hall–Kier alpha value is -0.810. The van der Waals surface area contributed by atoms with E-state index in [1.54, 1.807) is 0 Å². The van der Waals surface area contributed by atoms with Crippen LogP contribution in [0.2, 0.25) is 0 Å². The number of likely N-dealkylation sites (tertiary alicyclic amines) is 1. The van der Waals surface area contributed by atoms with Crippen molar-refractivity contribution in [3.8, 4) is 0 Å². The van der Waals surface area contributed by atoms with Crippen LogP contribution in [0.5, 0.6) is 0 Å². The first-order valence-corrected chi connectivity index (χ1v) is 6.50. The summed E-state index contributed by atoms with van der Waals surface area (Å²) in [6, 6.07) is 0. The van der Waals surface area contributed by atoms with Crippen molar-refractivity contribution in [1.82, 2.24) is 4.90 Å². The van der Waals surface area contributed by atoms with Gasteiger partial charge >= 0.3 is 6.09 Å². The Morgan fingerprint density at radius 2 is 2.11 bits per heavy atom. The highest BCUT2D eigenvalue weighted by Gasteiger charge is 2.39. The molecule has 0 radical (unpaired) electrons. The second-order valence-electron chi connectivity index (χ2n) is 6.16. The topological polar surface area (TPSA) is 70.0 Å². The minimum atomic E-state index is -0.863. The van der Waals surface area contributed by atoms with Gasteiger partial charge in [0.25, 0.3) is 0 Å². The monoisotopic (exact) mass is 259 g/mol. The number of aliphatic hydroxyl groups is 1. The zero-order valence-corrected chi connectivity index (χ0v) is 11.7. The molecule has 1 aliphatic rings. The summed E-state index contributed by atoms with van der Waals surface area (Å²) in [6.45, 7) is 9.14. The fraction of sp³-hybridized carbons (Fsp3) is 0.923. The van der Waals surface area contributed by atoms with E-state index in [1.807, 2.05) is 6.92 Å². The molecule has 0 aromatic carbocycles. The van der Waals surface area contributed by atoms with Gasteiger partial charge in [0.2, 0.25) is 0 Å². The summed E-state index contributed by atoms with van der Waals surface area (Å²) in [7, 11) is 0. The fourth-order valence-electron chi connectivity index (χ4n) is 2.44. The third-order valence-electron chi connectivity index (χ3n) is 3.60. The Kier molecular flexibility index (Phi) is 4.99. The average molecular weight is 259 g/mol. The summed E-state index contributed by atoms with van der Waals surface area (Å²) in [5.41, 5.74) is -0.0199. The van der Waals surface area contributed by atoms with Gasteiger partial charge in [0, 0.05) is 19.0 Å². The summed E-state index contributed by atoms with van der Waals surface area (Å²) in [4.78, 5) is 12.5. The van der Waals surface area contributed by atoms with Crippen LogP contribution in [-0.4, -0.2) is 53.1 Å². The van der Waals surface area contributed by atoms with Crippen LogP contribution in [0.25, 0.3) is 0 Å². The van der Waals surface area contributed by atoms with Crippen LogP contribution >= 0.6 is 0 Å². The van der Waals surface area contributed by atoms with Crippen molar-refractivity contribution >= 4 is 6.09 Å². The van der Waals surface area contributed by atoms with Crippen LogP contribution in [-0.2, 0) is 4.74 Å². The maximum atomic E-state index is 11.1. The van der Waals surface area contributed by atoms with Gasteiger partial charge in [-0.1, -0.05) is 20.8 Å². The minimum absolute atomic E-state index is 0.00396. The molecule has 18 heavy (non-hydrogen) atoms. The number of rotatable bonds is 3. The minimum Gasteiger partial charge on any atom is -0.465 e. The molecule has 106 valence electrons. The van der Waals surface area contributed by atoms with E-state index in [4.69, 9.17) is 14.9 Å². The van der Waals surface area contributed by atoms with Gasteiger partial charge in [0.05, 0.1) is 18.8 Å². The standard InChI is InChI=1S/C13H25NO4/c1-9(8-15)18-11-5-6-14(12(16)17)7-10(11)13(2,3)4/h9-11,15H,5-8H2,1-4H3,(H,16,17)/t9-,10?,11?/m0/s1. The molecule has 1 amide bonds. The van der Waals surface area contributed by atoms with E-state index in [2.05, 4.69) is 20.8 Å². The molecule has 1 rings (SSSR count). The summed E-state index contributed by atoms with van der Waals surface area (Å²) in [5, 5.41) is 18.1. The SMILES string of the molecule is C[C@@H](CO)OC1CCN(C(=O)O)CC1C(C)(C)C. The number of carbonyl (C=O) groups is 1. The van der Waals surface area contributed by atoms with Gasteiger partial charge < -0.3 is 19.8 Å². The fourth-order valence-corrected chi connectivity index (χ4v) is 2.44. The van der Waals surface area contributed by atoms with Crippen molar-refractivity contribution in [2.24, 2.45) is 11.3 Å². The van der Waals surface area contributed by atoms with Gasteiger partial charge in [-0.25, -0.2) is 4.79 Å². The van der Waals surface area contributed by atoms with Gasteiger partial charge in [0.15, 0.2) is 0 Å². The molecule has 1 fully saturated rings. The van der Waals surface area contributed by atoms with E-state index >= 15 is 0 Å². The Morgan fingerprint density at radius 1 is 1.50 bits per heavy atom. The molecule has 2 N–H and O–H groups in total. The zero-order chi connectivity index (χ0) is 13.9. The van der Waals surface area contributed by atoms with E-state index in [0.717, 1.165) is 0 Å². The molecule has 5 nitrogen and oxygen atoms in total. The maximum Gasteiger partial charge on any atom is 0.407 e. The zero-order valence-electron chi connectivity index (χ0n) is 11.7. The molecule has 0 aliphatic carbocycles. The molecule has 1 heterocycles. The van der Waals surface area contributed by atoms with Crippen LogP contribution in [0.15, 0.2) is 0 Å². The highest BCUT2D eigenvalue weighted by molar-refractivity contribution is 5.65. The normalized spacial score (nSPS) is 27.1. The summed E-state index contributed by atoms with van der Waals surface area (Å²) in [6.07, 6.45) is -0.352. The third kappa shape index (κ3) is 3.85. The van der Waals surface area contributed by atoms with E-state index in [0.29, 0.717) is 19.5 Å². The Bertz CT molecular complexity index is 287. The van der Waals surface area contributed by atoms with Crippen LogP contribution in [0, 0.1) is 11.3 Å². The summed E-state index contributed by atoms with van der Waals surface area (Å²) < 4.78 is 5.84. The first-order chi connectivity index (χ1) is 8.25. The lowest BCUT2D eigenvalue weighted by atomic mass is 9.74. The van der Waals surface area contributed by atoms with Gasteiger partial charge in [-0.2, -0.15) is 0 Å². The molecule has 0 bridgehead atoms. The van der Waals surface area contributed by atoms with Crippen molar-refractivity contribution < 1.29 is 19.7 Å². The van der Waals surface area contributed by atoms with Crippen LogP contribution in [0.4, 0.5) is 4.79 Å². The summed E-state index contributed by atoms with van der Waals surface area (Å²) in [5.74, 6) is 0.149. The molecule has 0 saturated carbocycles. The number of aliphatic hydroxyl groups excluding tert-OH is 1. The van der Waals surface area contributed by atoms with Crippen LogP contribution in [0.1, 0.15) is 34.1 Å². The predicted molar refractivity (Wildman–Crippen MR) is 68.6 cm³/mol. The first-order valence-electron chi connectivity index (χ1n) is 6.50. The molecule has 2 unspecified atom stereocenters. The maximum absolute atomic E-state index is 11.1. The number of hydrogen-bond acceptors (Lipinski definition) is 3. The van der Waals surface area contributed by atoms with E-state index in [1.165, 1.54) is 4.90 Å². The molecule has 1 saturated heterocycles. The average Bonchev–Trinajstić information content (AvgIpc) is 2.27. The number of amides is 1. The quantitative estimate of drug-likeness (QED) is 0.811. The van der Waals surface area contributed by atoms with Crippen molar-refractivity contribution in [2.45, 2.75) is 46.3 Å². The lowest BCUT2D eigenvalue weighted by Crippen LogP contribution is -2.51. The van der Waals surface area contributed by atoms with Crippen molar-refractivity contribution in [3.05, 3.63) is 0 Å². The number of carboxylic acid groups (broad SMARTS) is 1. The number of piperidine rings is 1. The predicted octanol–water partition coefficient (Wildman–Crippen LogP) is 1.80. The molecule has 5 heteroatoms. The Balaban J connectivity index is 2.75. The van der Waals surface area contributed by atoms with Gasteiger partial charge in [-0.3, -0.25) is 0 Å². The Morgan fingerprint density at radius 3 is 2.56 bits per heavy atom. The summed E-state index contributed by atoms with van der Waals surface area (Å²) >= 11 is 0. The first kappa shape index (κ1) is 15.2. The highest BCUT2D eigenvalue weighted by atomic mass is 16.5. The molecule has 0 aromatic rings. The van der Waals surface area contributed by atoms with Crippen LogP contribution in [0.3, 0.4) is 0 Å². The van der Waals surface area contributed by atoms with Crippen molar-refractivity contribution in [3.63, 3.8) is 0 Å². The van der Waals surface area contributed by atoms with Gasteiger partial charge in [-0.15, -0.1) is 0 Å². The highest BCUT2D eigenvalue weighted by Crippen LogP contribution is 2.35. The number of ether oxygens (including phenoxy) is 1. The molecule has 3 atom stereocenters. The second-order valence-corrected chi connectivity index (χ2v) is 6.16. The Labute approximate surface area is 109 Å². The van der Waals surface area contributed by atoms with Crippen molar-refractivity contribution in [1.29, 1.82) is 0 Å². The lowest BCUT2D eigenvalue weighted by Gasteiger charge is -2.44. The second kappa shape index (κ2) is 5.89. The van der Waals surface area contributed by atoms with Crippen molar-refractivity contribution in [2.75, 3.05) is 19.7 Å². The molecule has 1 aliphatic heterocycles. The van der Waals surface area contributed by atoms with Crippen LogP contribution < -0.4 is 0 Å². The van der Waals surface area contributed by atoms with Gasteiger partial charge in [-0.05, 0) is 18.8 Å². The molecule has 0 aromatic heterocycles. The number of nitrogens with zero attached hydrogens (tertiary/aromatic N) is 1. The smallest absolute Gasteiger partial charge is 0.407 e. The van der Waals surface area contributed by atoms with E-state index in [-0.39, 0.29) is 30.1 Å². The number of hydrogen-bond donors (Lipinski definition) is 2. The van der Waals surface area contributed by atoms with Gasteiger partial charge in [0.1, 0.15) is 0 Å². The van der Waals surface area contributed by atoms with E-state index < -0.39 is 6.09 Å². The molecule has 0 spiro atoms. The molecular formula is C13H25NO4. The van der Waals surface area contributed by atoms with E-state index in [9.17, 15) is 4.79 Å². The molecular weight excluding hydrogens is 234 g/mol. The largest absolute Gasteiger partial charge is 0.465 e. The third-order valence-corrected chi connectivity index (χ3v) is 3.60.